The minimum Gasteiger partial charge on any atom is -0.371 e. The SMILES string of the molecule is CN(C[C@@H]1Cc2ccccc2CO1)C(=O)c1ccc(C#N)cc1. The van der Waals surface area contributed by atoms with Crippen LogP contribution >= 0.6 is 0 Å². The number of likely N-dealkylation sites (N-methyl/N-ethyl adjacent to an activating group) is 1. The van der Waals surface area contributed by atoms with Crippen molar-refractivity contribution in [2.75, 3.05) is 13.6 Å². The first kappa shape index (κ1) is 15.3. The molecule has 2 aromatic carbocycles. The number of nitriles is 1. The molecule has 116 valence electrons. The van der Waals surface area contributed by atoms with Gasteiger partial charge in [0.25, 0.3) is 5.91 Å². The molecule has 4 heteroatoms. The van der Waals surface area contributed by atoms with Crippen LogP contribution in [0.25, 0.3) is 0 Å². The van der Waals surface area contributed by atoms with Gasteiger partial charge in [-0.3, -0.25) is 4.79 Å². The zero-order valence-electron chi connectivity index (χ0n) is 13.0. The Hall–Kier alpha value is -2.64. The number of ether oxygens (including phenoxy) is 1. The fraction of sp³-hybridized carbons (Fsp3) is 0.263. The van der Waals surface area contributed by atoms with Gasteiger partial charge < -0.3 is 9.64 Å². The molecule has 0 radical (unpaired) electrons. The molecule has 0 aromatic heterocycles. The molecule has 0 bridgehead atoms. The van der Waals surface area contributed by atoms with Crippen LogP contribution in [-0.2, 0) is 17.8 Å². The Morgan fingerprint density at radius 2 is 1.91 bits per heavy atom. The second-order valence-electron chi connectivity index (χ2n) is 5.78. The van der Waals surface area contributed by atoms with Crippen LogP contribution in [0.3, 0.4) is 0 Å². The van der Waals surface area contributed by atoms with E-state index in [0.29, 0.717) is 24.3 Å². The summed E-state index contributed by atoms with van der Waals surface area (Å²) in [6.07, 6.45) is 0.832. The van der Waals surface area contributed by atoms with Gasteiger partial charge in [-0.1, -0.05) is 24.3 Å². The van der Waals surface area contributed by atoms with Crippen molar-refractivity contribution in [2.45, 2.75) is 19.1 Å². The Bertz CT molecular complexity index is 747. The van der Waals surface area contributed by atoms with E-state index in [1.54, 1.807) is 36.2 Å². The largest absolute Gasteiger partial charge is 0.371 e. The molecule has 0 aliphatic carbocycles. The van der Waals surface area contributed by atoms with Crippen LogP contribution in [0.5, 0.6) is 0 Å². The van der Waals surface area contributed by atoms with Gasteiger partial charge in [0.2, 0.25) is 0 Å². The van der Waals surface area contributed by atoms with Gasteiger partial charge in [-0.15, -0.1) is 0 Å². The van der Waals surface area contributed by atoms with E-state index in [1.165, 1.54) is 11.1 Å². The van der Waals surface area contributed by atoms with Crippen molar-refractivity contribution in [3.63, 3.8) is 0 Å². The van der Waals surface area contributed by atoms with Gasteiger partial charge >= 0.3 is 0 Å². The number of rotatable bonds is 3. The summed E-state index contributed by atoms with van der Waals surface area (Å²) < 4.78 is 5.86. The normalized spacial score (nSPS) is 16.3. The smallest absolute Gasteiger partial charge is 0.253 e. The van der Waals surface area contributed by atoms with Crippen molar-refractivity contribution in [1.29, 1.82) is 5.26 Å². The Labute approximate surface area is 135 Å². The van der Waals surface area contributed by atoms with E-state index in [0.717, 1.165) is 6.42 Å². The molecule has 0 unspecified atom stereocenters. The second-order valence-corrected chi connectivity index (χ2v) is 5.78. The zero-order valence-corrected chi connectivity index (χ0v) is 13.0. The third-order valence-corrected chi connectivity index (χ3v) is 4.13. The molecule has 1 heterocycles. The minimum absolute atomic E-state index is 0.0113. The van der Waals surface area contributed by atoms with E-state index >= 15 is 0 Å². The number of carbonyl (C=O) groups excluding carboxylic acids is 1. The first-order chi connectivity index (χ1) is 11.2. The number of fused-ring (bicyclic) bond motifs is 1. The zero-order chi connectivity index (χ0) is 16.2. The van der Waals surface area contributed by atoms with Crippen LogP contribution in [0.4, 0.5) is 0 Å². The molecule has 0 fully saturated rings. The number of hydrogen-bond acceptors (Lipinski definition) is 3. The molecule has 1 amide bonds. The van der Waals surface area contributed by atoms with Gasteiger partial charge in [0.05, 0.1) is 24.3 Å². The summed E-state index contributed by atoms with van der Waals surface area (Å²) in [5.74, 6) is -0.0584. The lowest BCUT2D eigenvalue weighted by Gasteiger charge is -2.29. The third-order valence-electron chi connectivity index (χ3n) is 4.13. The van der Waals surface area contributed by atoms with Crippen molar-refractivity contribution in [1.82, 2.24) is 4.90 Å². The molecule has 4 nitrogen and oxygen atoms in total. The highest BCUT2D eigenvalue weighted by molar-refractivity contribution is 5.94. The van der Waals surface area contributed by atoms with E-state index in [4.69, 9.17) is 10.00 Å². The second kappa shape index (κ2) is 6.64. The first-order valence-electron chi connectivity index (χ1n) is 7.61. The van der Waals surface area contributed by atoms with E-state index in [1.807, 2.05) is 12.1 Å². The van der Waals surface area contributed by atoms with Crippen LogP contribution in [0.15, 0.2) is 48.5 Å². The van der Waals surface area contributed by atoms with E-state index < -0.39 is 0 Å². The van der Waals surface area contributed by atoms with Gasteiger partial charge in [-0.25, -0.2) is 0 Å². The Kier molecular flexibility index (Phi) is 4.40. The highest BCUT2D eigenvalue weighted by Gasteiger charge is 2.22. The highest BCUT2D eigenvalue weighted by Crippen LogP contribution is 2.21. The van der Waals surface area contributed by atoms with Crippen molar-refractivity contribution >= 4 is 5.91 Å². The number of carbonyl (C=O) groups is 1. The summed E-state index contributed by atoms with van der Waals surface area (Å²) in [6, 6.07) is 17.0. The van der Waals surface area contributed by atoms with E-state index in [2.05, 4.69) is 18.2 Å². The Morgan fingerprint density at radius 1 is 1.22 bits per heavy atom. The van der Waals surface area contributed by atoms with Crippen LogP contribution in [-0.4, -0.2) is 30.5 Å². The molecule has 0 spiro atoms. The van der Waals surface area contributed by atoms with Crippen molar-refractivity contribution < 1.29 is 9.53 Å². The average Bonchev–Trinajstić information content (AvgIpc) is 2.61. The lowest BCUT2D eigenvalue weighted by molar-refractivity contribution is 0.00985. The molecule has 0 N–H and O–H groups in total. The van der Waals surface area contributed by atoms with Gasteiger partial charge in [-0.2, -0.15) is 5.26 Å². The summed E-state index contributed by atoms with van der Waals surface area (Å²) in [6.45, 7) is 1.15. The number of benzene rings is 2. The maximum absolute atomic E-state index is 12.5. The lowest BCUT2D eigenvalue weighted by atomic mass is 9.99. The van der Waals surface area contributed by atoms with Crippen LogP contribution in [0.1, 0.15) is 27.0 Å². The minimum atomic E-state index is -0.0584. The maximum atomic E-state index is 12.5. The molecule has 1 atom stereocenters. The van der Waals surface area contributed by atoms with Gasteiger partial charge in [-0.05, 0) is 35.4 Å². The number of amides is 1. The predicted molar refractivity (Wildman–Crippen MR) is 86.8 cm³/mol. The summed E-state index contributed by atoms with van der Waals surface area (Å²) in [4.78, 5) is 14.1. The Balaban J connectivity index is 1.64. The summed E-state index contributed by atoms with van der Waals surface area (Å²) >= 11 is 0. The molecule has 0 saturated carbocycles. The summed E-state index contributed by atoms with van der Waals surface area (Å²) in [5.41, 5.74) is 3.66. The summed E-state index contributed by atoms with van der Waals surface area (Å²) in [7, 11) is 1.78. The van der Waals surface area contributed by atoms with Gasteiger partial charge in [0.1, 0.15) is 0 Å². The predicted octanol–water partition coefficient (Wildman–Crippen LogP) is 2.77. The molecule has 3 rings (SSSR count). The molecule has 2 aromatic rings. The standard InChI is InChI=1S/C19H18N2O2/c1-21(19(22)15-8-6-14(11-20)7-9-15)12-18-10-16-4-2-3-5-17(16)13-23-18/h2-9,18H,10,12-13H2,1H3/t18-/m0/s1. The quantitative estimate of drug-likeness (QED) is 0.876. The van der Waals surface area contributed by atoms with Crippen LogP contribution < -0.4 is 0 Å². The van der Waals surface area contributed by atoms with E-state index in [9.17, 15) is 4.79 Å². The molecular weight excluding hydrogens is 288 g/mol. The van der Waals surface area contributed by atoms with Crippen molar-refractivity contribution in [3.8, 4) is 6.07 Å². The first-order valence-corrected chi connectivity index (χ1v) is 7.61. The van der Waals surface area contributed by atoms with Crippen molar-refractivity contribution in [2.24, 2.45) is 0 Å². The van der Waals surface area contributed by atoms with Gasteiger partial charge in [0.15, 0.2) is 0 Å². The number of nitrogens with zero attached hydrogens (tertiary/aromatic N) is 2. The topological polar surface area (TPSA) is 53.3 Å². The Morgan fingerprint density at radius 3 is 2.61 bits per heavy atom. The fourth-order valence-corrected chi connectivity index (χ4v) is 2.82. The molecule has 1 aliphatic heterocycles. The molecule has 1 aliphatic rings. The van der Waals surface area contributed by atoms with Crippen molar-refractivity contribution in [3.05, 3.63) is 70.8 Å². The monoisotopic (exact) mass is 306 g/mol. The van der Waals surface area contributed by atoms with Gasteiger partial charge in [0, 0.05) is 25.6 Å². The van der Waals surface area contributed by atoms with Crippen LogP contribution in [0, 0.1) is 11.3 Å². The molecular formula is C19H18N2O2. The highest BCUT2D eigenvalue weighted by atomic mass is 16.5. The van der Waals surface area contributed by atoms with Crippen LogP contribution in [0.2, 0.25) is 0 Å². The fourth-order valence-electron chi connectivity index (χ4n) is 2.82. The third kappa shape index (κ3) is 3.41. The average molecular weight is 306 g/mol. The summed E-state index contributed by atoms with van der Waals surface area (Å²) in [5, 5.41) is 8.81. The molecule has 23 heavy (non-hydrogen) atoms. The maximum Gasteiger partial charge on any atom is 0.253 e. The van der Waals surface area contributed by atoms with E-state index in [-0.39, 0.29) is 12.0 Å². The number of hydrogen-bond donors (Lipinski definition) is 0. The lowest BCUT2D eigenvalue weighted by Crippen LogP contribution is -2.38. The molecule has 0 saturated heterocycles.